The van der Waals surface area contributed by atoms with Crippen molar-refractivity contribution >= 4 is 5.69 Å². The molecule has 0 unspecified atom stereocenters. The summed E-state index contributed by atoms with van der Waals surface area (Å²) in [5.74, 6) is 0. The minimum atomic E-state index is 0.0784. The Hall–Kier alpha value is -1.06. The van der Waals surface area contributed by atoms with Gasteiger partial charge in [-0.25, -0.2) is 0 Å². The van der Waals surface area contributed by atoms with Gasteiger partial charge >= 0.3 is 0 Å². The Kier molecular flexibility index (Phi) is 6.10. The lowest BCUT2D eigenvalue weighted by Crippen LogP contribution is -2.43. The molecule has 1 heterocycles. The molecule has 0 fully saturated rings. The Bertz CT molecular complexity index is 506. The van der Waals surface area contributed by atoms with E-state index in [4.69, 9.17) is 0 Å². The Morgan fingerprint density at radius 1 is 1.13 bits per heavy atom. The summed E-state index contributed by atoms with van der Waals surface area (Å²) in [5.41, 5.74) is 3.82. The van der Waals surface area contributed by atoms with E-state index in [2.05, 4.69) is 62.6 Å². The molecule has 3 heteroatoms. The van der Waals surface area contributed by atoms with Gasteiger partial charge in [0.25, 0.3) is 0 Å². The third kappa shape index (κ3) is 3.56. The first-order chi connectivity index (χ1) is 11.0. The van der Waals surface area contributed by atoms with Crippen LogP contribution >= 0.6 is 0 Å². The zero-order valence-corrected chi connectivity index (χ0v) is 15.6. The first-order valence-corrected chi connectivity index (χ1v) is 9.19. The summed E-state index contributed by atoms with van der Waals surface area (Å²) in [7, 11) is 0. The first-order valence-electron chi connectivity index (χ1n) is 9.19. The highest BCUT2D eigenvalue weighted by Crippen LogP contribution is 2.46. The molecular formula is C20H34N2O. The number of rotatable bonds is 8. The highest BCUT2D eigenvalue weighted by atomic mass is 16.3. The second kappa shape index (κ2) is 7.67. The average Bonchev–Trinajstić information content (AvgIpc) is 2.73. The van der Waals surface area contributed by atoms with Gasteiger partial charge in [-0.2, -0.15) is 0 Å². The van der Waals surface area contributed by atoms with Gasteiger partial charge in [0.2, 0.25) is 0 Å². The van der Waals surface area contributed by atoms with Crippen molar-refractivity contribution in [1.82, 2.24) is 4.90 Å². The van der Waals surface area contributed by atoms with Crippen LogP contribution in [0.25, 0.3) is 0 Å². The van der Waals surface area contributed by atoms with Crippen molar-refractivity contribution in [1.29, 1.82) is 0 Å². The normalized spacial score (nSPS) is 19.4. The molecule has 1 aromatic carbocycles. The van der Waals surface area contributed by atoms with Crippen LogP contribution in [0.5, 0.6) is 0 Å². The van der Waals surface area contributed by atoms with E-state index < -0.39 is 0 Å². The molecule has 1 N–H and O–H groups in total. The van der Waals surface area contributed by atoms with Gasteiger partial charge in [-0.3, -0.25) is 0 Å². The van der Waals surface area contributed by atoms with Crippen molar-refractivity contribution < 1.29 is 5.11 Å². The summed E-state index contributed by atoms with van der Waals surface area (Å²) in [6.45, 7) is 16.1. The molecule has 1 aliphatic rings. The lowest BCUT2D eigenvalue weighted by atomic mass is 9.79. The smallest absolute Gasteiger partial charge is 0.0685 e. The van der Waals surface area contributed by atoms with Crippen LogP contribution in [-0.4, -0.2) is 42.2 Å². The second-order valence-corrected chi connectivity index (χ2v) is 7.40. The van der Waals surface area contributed by atoms with Crippen molar-refractivity contribution in [3.05, 3.63) is 29.3 Å². The van der Waals surface area contributed by atoms with Gasteiger partial charge in [0.1, 0.15) is 0 Å². The van der Waals surface area contributed by atoms with Gasteiger partial charge < -0.3 is 14.9 Å². The Morgan fingerprint density at radius 2 is 1.78 bits per heavy atom. The van der Waals surface area contributed by atoms with Crippen LogP contribution < -0.4 is 4.90 Å². The SMILES string of the molecule is CCCN(CCC)CCN1c2cccc(CO)c2C(C)(C)[C@H]1C. The van der Waals surface area contributed by atoms with Crippen molar-refractivity contribution in [2.75, 3.05) is 31.1 Å². The lowest BCUT2D eigenvalue weighted by Gasteiger charge is -2.33. The Labute approximate surface area is 142 Å². The number of nitrogens with zero attached hydrogens (tertiary/aromatic N) is 2. The predicted octanol–water partition coefficient (Wildman–Crippen LogP) is 3.79. The molecular weight excluding hydrogens is 284 g/mol. The zero-order chi connectivity index (χ0) is 17.0. The van der Waals surface area contributed by atoms with Crippen molar-refractivity contribution in [3.63, 3.8) is 0 Å². The predicted molar refractivity (Wildman–Crippen MR) is 99.2 cm³/mol. The first kappa shape index (κ1) is 18.3. The molecule has 130 valence electrons. The number of anilines is 1. The maximum Gasteiger partial charge on any atom is 0.0685 e. The summed E-state index contributed by atoms with van der Waals surface area (Å²) in [6.07, 6.45) is 2.43. The van der Waals surface area contributed by atoms with E-state index in [-0.39, 0.29) is 12.0 Å². The molecule has 0 aromatic heterocycles. The summed E-state index contributed by atoms with van der Waals surface area (Å²) in [6, 6.07) is 6.83. The van der Waals surface area contributed by atoms with E-state index in [1.807, 2.05) is 0 Å². The number of benzene rings is 1. The third-order valence-corrected chi connectivity index (χ3v) is 5.50. The standard InChI is InChI=1S/C20H34N2O/c1-6-11-21(12-7-2)13-14-22-16(3)20(4,5)19-17(15-23)9-8-10-18(19)22/h8-10,16,23H,6-7,11-15H2,1-5H3/t16-/m1/s1. The van der Waals surface area contributed by atoms with Crippen LogP contribution in [0.3, 0.4) is 0 Å². The number of aliphatic hydroxyl groups excluding tert-OH is 1. The molecule has 1 atom stereocenters. The van der Waals surface area contributed by atoms with Crippen LogP contribution in [0.2, 0.25) is 0 Å². The molecule has 0 bridgehead atoms. The lowest BCUT2D eigenvalue weighted by molar-refractivity contribution is 0.273. The molecule has 0 saturated carbocycles. The van der Waals surface area contributed by atoms with E-state index in [9.17, 15) is 5.11 Å². The van der Waals surface area contributed by atoms with Crippen molar-refractivity contribution in [2.45, 2.75) is 65.5 Å². The molecule has 1 aromatic rings. The maximum atomic E-state index is 9.74. The molecule has 23 heavy (non-hydrogen) atoms. The van der Waals surface area contributed by atoms with Crippen LogP contribution in [0, 0.1) is 0 Å². The van der Waals surface area contributed by atoms with Gasteiger partial charge in [0.05, 0.1) is 6.61 Å². The van der Waals surface area contributed by atoms with E-state index in [0.29, 0.717) is 6.04 Å². The molecule has 2 rings (SSSR count). The third-order valence-electron chi connectivity index (χ3n) is 5.50. The zero-order valence-electron chi connectivity index (χ0n) is 15.6. The molecule has 0 aliphatic carbocycles. The highest BCUT2D eigenvalue weighted by Gasteiger charge is 2.42. The van der Waals surface area contributed by atoms with Gasteiger partial charge in [-0.1, -0.05) is 39.8 Å². The van der Waals surface area contributed by atoms with E-state index in [0.717, 1.165) is 18.7 Å². The summed E-state index contributed by atoms with van der Waals surface area (Å²) < 4.78 is 0. The highest BCUT2D eigenvalue weighted by molar-refractivity contribution is 5.66. The Morgan fingerprint density at radius 3 is 2.35 bits per heavy atom. The molecule has 0 spiro atoms. The molecule has 1 aliphatic heterocycles. The van der Waals surface area contributed by atoms with Gasteiger partial charge in [0.15, 0.2) is 0 Å². The summed E-state index contributed by atoms with van der Waals surface area (Å²) >= 11 is 0. The number of aliphatic hydroxyl groups is 1. The topological polar surface area (TPSA) is 26.7 Å². The molecule has 0 amide bonds. The fraction of sp³-hybridized carbons (Fsp3) is 0.700. The number of hydrogen-bond acceptors (Lipinski definition) is 3. The van der Waals surface area contributed by atoms with Crippen LogP contribution in [0.4, 0.5) is 5.69 Å². The van der Waals surface area contributed by atoms with Gasteiger partial charge in [0, 0.05) is 30.2 Å². The largest absolute Gasteiger partial charge is 0.392 e. The molecule has 0 saturated heterocycles. The van der Waals surface area contributed by atoms with Gasteiger partial charge in [-0.05, 0) is 50.0 Å². The van der Waals surface area contributed by atoms with Crippen molar-refractivity contribution in [3.8, 4) is 0 Å². The van der Waals surface area contributed by atoms with Crippen LogP contribution in [0.15, 0.2) is 18.2 Å². The summed E-state index contributed by atoms with van der Waals surface area (Å²) in [5, 5.41) is 9.74. The molecule has 0 radical (unpaired) electrons. The maximum absolute atomic E-state index is 9.74. The summed E-state index contributed by atoms with van der Waals surface area (Å²) in [4.78, 5) is 5.13. The van der Waals surface area contributed by atoms with Crippen molar-refractivity contribution in [2.24, 2.45) is 0 Å². The minimum Gasteiger partial charge on any atom is -0.392 e. The fourth-order valence-electron chi connectivity index (χ4n) is 4.04. The van der Waals surface area contributed by atoms with Gasteiger partial charge in [-0.15, -0.1) is 0 Å². The monoisotopic (exact) mass is 318 g/mol. The molecule has 3 nitrogen and oxygen atoms in total. The average molecular weight is 319 g/mol. The number of fused-ring (bicyclic) bond motifs is 1. The van der Waals surface area contributed by atoms with E-state index in [1.54, 1.807) is 0 Å². The quantitative estimate of drug-likeness (QED) is 0.790. The van der Waals surface area contributed by atoms with Crippen LogP contribution in [-0.2, 0) is 12.0 Å². The van der Waals surface area contributed by atoms with E-state index in [1.165, 1.54) is 37.2 Å². The second-order valence-electron chi connectivity index (χ2n) is 7.40. The minimum absolute atomic E-state index is 0.0784. The number of hydrogen-bond donors (Lipinski definition) is 1. The van der Waals surface area contributed by atoms with E-state index >= 15 is 0 Å². The Balaban J connectivity index is 2.21. The van der Waals surface area contributed by atoms with Crippen LogP contribution in [0.1, 0.15) is 58.6 Å². The fourth-order valence-corrected chi connectivity index (χ4v) is 4.04.